The van der Waals surface area contributed by atoms with Gasteiger partial charge in [-0.3, -0.25) is 24.0 Å². The second-order valence-electron chi connectivity index (χ2n) is 17.4. The fourth-order valence-corrected chi connectivity index (χ4v) is 6.77. The summed E-state index contributed by atoms with van der Waals surface area (Å²) in [6.45, 7) is 22.4. The highest BCUT2D eigenvalue weighted by molar-refractivity contribution is 5.96. The van der Waals surface area contributed by atoms with Crippen molar-refractivity contribution in [3.8, 4) is 0 Å². The predicted molar refractivity (Wildman–Crippen MR) is 226 cm³/mol. The average molecular weight is 834 g/mol. The normalized spacial score (nSPS) is 28.4. The molecule has 9 unspecified atom stereocenters. The molecule has 15 nitrogen and oxygen atoms in total. The molecule has 3 N–H and O–H groups in total. The molecule has 0 aliphatic carbocycles. The number of cyclic esters (lactones) is 2. The Labute approximate surface area is 353 Å². The third-order valence-electron chi connectivity index (χ3n) is 11.2. The van der Waals surface area contributed by atoms with Crippen LogP contribution in [-0.4, -0.2) is 131 Å². The number of allylic oxidation sites excluding steroid dienone is 1. The fourth-order valence-electron chi connectivity index (χ4n) is 6.77. The van der Waals surface area contributed by atoms with E-state index >= 15 is 0 Å². The van der Waals surface area contributed by atoms with E-state index in [0.717, 1.165) is 0 Å². The summed E-state index contributed by atoms with van der Waals surface area (Å²) in [6, 6.07) is -4.25. The third-order valence-corrected chi connectivity index (χ3v) is 11.2. The van der Waals surface area contributed by atoms with Gasteiger partial charge in [-0.25, -0.2) is 9.59 Å². The number of amides is 5. The summed E-state index contributed by atoms with van der Waals surface area (Å²) in [5, 5.41) is 16.9. The topological polar surface area (TPSA) is 192 Å². The third kappa shape index (κ3) is 15.1. The highest BCUT2D eigenvalue weighted by atomic mass is 16.6. The second-order valence-corrected chi connectivity index (χ2v) is 17.4. The van der Waals surface area contributed by atoms with E-state index in [1.165, 1.54) is 55.8 Å². The second kappa shape index (κ2) is 24.1. The smallest absolute Gasteiger partial charge is 0.334 e. The van der Waals surface area contributed by atoms with Gasteiger partial charge in [0.2, 0.25) is 23.6 Å². The van der Waals surface area contributed by atoms with Gasteiger partial charge in [-0.15, -0.1) is 0 Å². The van der Waals surface area contributed by atoms with Crippen LogP contribution < -0.4 is 10.6 Å². The number of nitrogens with one attached hydrogen (secondary N) is 2. The van der Waals surface area contributed by atoms with Crippen molar-refractivity contribution in [2.75, 3.05) is 27.7 Å². The molecule has 1 heterocycles. The molecule has 0 saturated heterocycles. The Hall–Kier alpha value is -4.27. The number of ether oxygens (including phenoxy) is 2. The van der Waals surface area contributed by atoms with E-state index in [1.54, 1.807) is 48.5 Å². The number of hydrogen-bond acceptors (Lipinski definition) is 10. The lowest BCUT2D eigenvalue weighted by Gasteiger charge is -2.36. The molecule has 59 heavy (non-hydrogen) atoms. The van der Waals surface area contributed by atoms with Crippen LogP contribution in [0, 0.1) is 29.6 Å². The highest BCUT2D eigenvalue weighted by Gasteiger charge is 2.39. The minimum absolute atomic E-state index is 0.0127. The molecule has 0 aromatic rings. The maximum absolute atomic E-state index is 14.2. The molecule has 0 saturated carbocycles. The molecule has 0 aromatic heterocycles. The lowest BCUT2D eigenvalue weighted by Crippen LogP contribution is -2.59. The van der Waals surface area contributed by atoms with Crippen LogP contribution in [0.4, 0.5) is 0 Å². The standard InChI is InChI=1S/C44H75N5O10/c1-17-19-28(10)37-30(12)33(50)21-20-29(11)43(56)59-38(27(9)18-2)39(52)46-36(26(7)8)42(55)49(16)32(22-24(3)4)40(53)47(14)23-34(51)45-35(25(5)6)41(54)48(15)31(13)44(57)58-37/h19-20,24-27,30-33,35-38,50H,17-18,21-23H2,1-16H3,(H,45,51)(H,46,52). The van der Waals surface area contributed by atoms with Crippen molar-refractivity contribution in [3.05, 3.63) is 23.3 Å². The zero-order valence-electron chi connectivity index (χ0n) is 38.6. The van der Waals surface area contributed by atoms with Crippen LogP contribution in [0.5, 0.6) is 0 Å². The molecule has 0 radical (unpaired) electrons. The Morgan fingerprint density at radius 1 is 0.847 bits per heavy atom. The van der Waals surface area contributed by atoms with Gasteiger partial charge < -0.3 is 39.9 Å². The van der Waals surface area contributed by atoms with E-state index in [4.69, 9.17) is 9.47 Å². The van der Waals surface area contributed by atoms with Crippen LogP contribution in [0.15, 0.2) is 23.3 Å². The van der Waals surface area contributed by atoms with E-state index in [1.807, 2.05) is 33.8 Å². The van der Waals surface area contributed by atoms with Gasteiger partial charge in [0.05, 0.1) is 12.6 Å². The van der Waals surface area contributed by atoms with Crippen molar-refractivity contribution >= 4 is 41.5 Å². The molecular weight excluding hydrogens is 759 g/mol. The lowest BCUT2D eigenvalue weighted by atomic mass is 9.90. The molecule has 0 spiro atoms. The van der Waals surface area contributed by atoms with Crippen molar-refractivity contribution in [1.29, 1.82) is 0 Å². The quantitative estimate of drug-likeness (QED) is 0.238. The number of esters is 2. The van der Waals surface area contributed by atoms with Gasteiger partial charge in [0.15, 0.2) is 6.10 Å². The Kier molecular flexibility index (Phi) is 21.5. The first kappa shape index (κ1) is 52.7. The van der Waals surface area contributed by atoms with Crippen LogP contribution >= 0.6 is 0 Å². The number of aliphatic hydroxyl groups is 1. The molecule has 1 aliphatic heterocycles. The van der Waals surface area contributed by atoms with Crippen molar-refractivity contribution in [1.82, 2.24) is 25.3 Å². The number of nitrogens with zero attached hydrogens (tertiary/aromatic N) is 3. The summed E-state index contributed by atoms with van der Waals surface area (Å²) < 4.78 is 11.8. The van der Waals surface area contributed by atoms with Crippen LogP contribution in [0.25, 0.3) is 0 Å². The maximum Gasteiger partial charge on any atom is 0.334 e. The van der Waals surface area contributed by atoms with E-state index < -0.39 is 114 Å². The summed E-state index contributed by atoms with van der Waals surface area (Å²) >= 11 is 0. The minimum atomic E-state index is -1.26. The highest BCUT2D eigenvalue weighted by Crippen LogP contribution is 2.25. The molecule has 1 aliphatic rings. The van der Waals surface area contributed by atoms with Crippen LogP contribution in [-0.2, 0) is 43.0 Å². The first-order valence-electron chi connectivity index (χ1n) is 21.1. The van der Waals surface area contributed by atoms with Crippen molar-refractivity contribution in [3.63, 3.8) is 0 Å². The number of likely N-dealkylation sites (N-methyl/N-ethyl adjacent to an activating group) is 3. The van der Waals surface area contributed by atoms with Gasteiger partial charge in [-0.1, -0.05) is 81.4 Å². The monoisotopic (exact) mass is 834 g/mol. The molecule has 5 amide bonds. The van der Waals surface area contributed by atoms with Gasteiger partial charge >= 0.3 is 11.9 Å². The van der Waals surface area contributed by atoms with Crippen molar-refractivity contribution in [2.45, 2.75) is 158 Å². The van der Waals surface area contributed by atoms with Crippen LogP contribution in [0.3, 0.4) is 0 Å². The zero-order chi connectivity index (χ0) is 45.6. The number of hydrogen-bond donors (Lipinski definition) is 3. The summed E-state index contributed by atoms with van der Waals surface area (Å²) in [4.78, 5) is 100. The van der Waals surface area contributed by atoms with Gasteiger partial charge in [-0.2, -0.15) is 0 Å². The maximum atomic E-state index is 14.2. The molecule has 1 rings (SSSR count). The van der Waals surface area contributed by atoms with Crippen LogP contribution in [0.2, 0.25) is 0 Å². The predicted octanol–water partition coefficient (Wildman–Crippen LogP) is 4.02. The summed E-state index contributed by atoms with van der Waals surface area (Å²) in [5.74, 6) is -6.38. The number of rotatable bonds is 8. The van der Waals surface area contributed by atoms with Gasteiger partial charge in [0.1, 0.15) is 30.3 Å². The Morgan fingerprint density at radius 2 is 1.39 bits per heavy atom. The molecule has 15 heteroatoms. The SMILES string of the molecule is CCC=C(C)C1OC(=O)C(C)N(C)C(=O)C(C(C)C)NC(=O)CN(C)C(=O)C(CC(C)C)N(C)C(=O)C(C(C)C)NC(=O)C(C(C)CC)OC(=O)C(C)=CCC(O)C1C. The Morgan fingerprint density at radius 3 is 1.90 bits per heavy atom. The first-order valence-corrected chi connectivity index (χ1v) is 21.1. The molecule has 0 fully saturated rings. The molecular formula is C44H75N5O10. The van der Waals surface area contributed by atoms with Gasteiger partial charge in [0.25, 0.3) is 5.91 Å². The lowest BCUT2D eigenvalue weighted by molar-refractivity contribution is -0.160. The van der Waals surface area contributed by atoms with E-state index in [-0.39, 0.29) is 24.3 Å². The average Bonchev–Trinajstić information content (AvgIpc) is 3.17. The van der Waals surface area contributed by atoms with Crippen molar-refractivity contribution < 1.29 is 48.1 Å². The fraction of sp³-hybridized carbons (Fsp3) is 0.750. The van der Waals surface area contributed by atoms with E-state index in [0.29, 0.717) is 18.4 Å². The summed E-state index contributed by atoms with van der Waals surface area (Å²) in [6.07, 6.45) is 1.49. The Balaban J connectivity index is 3.87. The molecule has 0 aromatic carbocycles. The number of aliphatic hydroxyl groups excluding tert-OH is 1. The van der Waals surface area contributed by atoms with Gasteiger partial charge in [-0.05, 0) is 69.8 Å². The summed E-state index contributed by atoms with van der Waals surface area (Å²) in [5.41, 5.74) is 0.833. The first-order chi connectivity index (χ1) is 27.3. The van der Waals surface area contributed by atoms with Crippen LogP contribution in [0.1, 0.15) is 116 Å². The van der Waals surface area contributed by atoms with Crippen molar-refractivity contribution in [2.24, 2.45) is 29.6 Å². The molecule has 0 bridgehead atoms. The zero-order valence-corrected chi connectivity index (χ0v) is 38.6. The number of carbonyl (C=O) groups excluding carboxylic acids is 7. The molecule has 336 valence electrons. The van der Waals surface area contributed by atoms with Gasteiger partial charge in [0, 0.05) is 38.6 Å². The largest absolute Gasteiger partial charge is 0.456 e. The minimum Gasteiger partial charge on any atom is -0.456 e. The summed E-state index contributed by atoms with van der Waals surface area (Å²) in [7, 11) is 4.36. The van der Waals surface area contributed by atoms with E-state index in [9.17, 15) is 38.7 Å². The number of carbonyl (C=O) groups is 7. The molecule has 9 atom stereocenters. The Bertz CT molecular complexity index is 1540. The van der Waals surface area contributed by atoms with E-state index in [2.05, 4.69) is 10.6 Å².